The van der Waals surface area contributed by atoms with Gasteiger partial charge in [0.2, 0.25) is 0 Å². The van der Waals surface area contributed by atoms with Crippen LogP contribution in [0.3, 0.4) is 0 Å². The highest BCUT2D eigenvalue weighted by molar-refractivity contribution is 6.22. The Morgan fingerprint density at radius 3 is 1.52 bits per heavy atom. The maximum Gasteiger partial charge on any atom is -0.00926 e. The molecule has 0 heteroatoms. The van der Waals surface area contributed by atoms with Gasteiger partial charge >= 0.3 is 0 Å². The number of fused-ring (bicyclic) bond motifs is 7. The van der Waals surface area contributed by atoms with E-state index in [-0.39, 0.29) is 0 Å². The fourth-order valence-corrected chi connectivity index (χ4v) is 6.99. The van der Waals surface area contributed by atoms with Gasteiger partial charge in [-0.1, -0.05) is 152 Å². The van der Waals surface area contributed by atoms with Gasteiger partial charge in [0, 0.05) is 0 Å². The molecule has 9 aromatic rings. The molecule has 0 heterocycles. The first-order valence-corrected chi connectivity index (χ1v) is 15.3. The standard InChI is InChI=1S/C44H28/c1-2-10-34-26-35(22-20-29(34)8-1)30-16-18-31(19-17-30)36-23-21-33-11-7-15-40(42(33)27-36)44-28-43-37-12-4-3-9-32(37)24-25-41(43)38-13-5-6-14-39(38)44/h1-28H. The molecule has 204 valence electrons. The summed E-state index contributed by atoms with van der Waals surface area (Å²) in [6.45, 7) is 0. The summed E-state index contributed by atoms with van der Waals surface area (Å²) < 4.78 is 0. The number of hydrogen-bond acceptors (Lipinski definition) is 0. The second-order valence-corrected chi connectivity index (χ2v) is 11.7. The normalized spacial score (nSPS) is 11.6. The Hall–Kier alpha value is -5.72. The van der Waals surface area contributed by atoms with Gasteiger partial charge in [0.25, 0.3) is 0 Å². The van der Waals surface area contributed by atoms with Crippen LogP contribution in [0.5, 0.6) is 0 Å². The van der Waals surface area contributed by atoms with E-state index in [2.05, 4.69) is 170 Å². The predicted molar refractivity (Wildman–Crippen MR) is 190 cm³/mol. The van der Waals surface area contributed by atoms with Crippen molar-refractivity contribution in [3.63, 3.8) is 0 Å². The molecule has 0 saturated carbocycles. The van der Waals surface area contributed by atoms with Crippen molar-refractivity contribution in [2.24, 2.45) is 0 Å². The lowest BCUT2D eigenvalue weighted by atomic mass is 9.88. The molecule has 0 fully saturated rings. The number of hydrogen-bond donors (Lipinski definition) is 0. The molecule has 0 aromatic heterocycles. The van der Waals surface area contributed by atoms with Crippen molar-refractivity contribution in [2.75, 3.05) is 0 Å². The fraction of sp³-hybridized carbons (Fsp3) is 0. The molecule has 0 aliphatic rings. The summed E-state index contributed by atoms with van der Waals surface area (Å²) in [5.41, 5.74) is 7.47. The molecule has 0 N–H and O–H groups in total. The Labute approximate surface area is 256 Å². The highest BCUT2D eigenvalue weighted by atomic mass is 14.2. The van der Waals surface area contributed by atoms with Gasteiger partial charge in [0.15, 0.2) is 0 Å². The summed E-state index contributed by atoms with van der Waals surface area (Å²) >= 11 is 0. The highest BCUT2D eigenvalue weighted by Gasteiger charge is 2.13. The van der Waals surface area contributed by atoms with Crippen molar-refractivity contribution in [2.45, 2.75) is 0 Å². The third-order valence-corrected chi connectivity index (χ3v) is 9.24. The molecule has 9 aromatic carbocycles. The molecular formula is C44H28. The SMILES string of the molecule is c1ccc2cc(-c3ccc(-c4ccc5cccc(-c6cc7c8ccccc8ccc7c7ccccc67)c5c4)cc3)ccc2c1. The van der Waals surface area contributed by atoms with Crippen LogP contribution in [0.1, 0.15) is 0 Å². The third-order valence-electron chi connectivity index (χ3n) is 9.24. The zero-order chi connectivity index (χ0) is 29.0. The van der Waals surface area contributed by atoms with Crippen molar-refractivity contribution in [1.29, 1.82) is 0 Å². The Bertz CT molecular complexity index is 2530. The average molecular weight is 557 g/mol. The topological polar surface area (TPSA) is 0 Å². The van der Waals surface area contributed by atoms with Crippen LogP contribution in [0.25, 0.3) is 87.2 Å². The maximum atomic E-state index is 2.42. The van der Waals surface area contributed by atoms with Crippen molar-refractivity contribution in [3.8, 4) is 33.4 Å². The number of benzene rings is 9. The summed E-state index contributed by atoms with van der Waals surface area (Å²) in [5, 5.41) is 12.8. The lowest BCUT2D eigenvalue weighted by Gasteiger charge is -2.15. The molecule has 44 heavy (non-hydrogen) atoms. The largest absolute Gasteiger partial charge is 0.0616 e. The van der Waals surface area contributed by atoms with E-state index < -0.39 is 0 Å². The monoisotopic (exact) mass is 556 g/mol. The molecule has 0 unspecified atom stereocenters. The Kier molecular flexibility index (Phi) is 5.61. The van der Waals surface area contributed by atoms with E-state index in [1.54, 1.807) is 0 Å². The maximum absolute atomic E-state index is 2.42. The van der Waals surface area contributed by atoms with Crippen LogP contribution in [0, 0.1) is 0 Å². The van der Waals surface area contributed by atoms with E-state index in [4.69, 9.17) is 0 Å². The summed E-state index contributed by atoms with van der Waals surface area (Å²) in [7, 11) is 0. The van der Waals surface area contributed by atoms with Crippen LogP contribution in [-0.2, 0) is 0 Å². The van der Waals surface area contributed by atoms with E-state index in [9.17, 15) is 0 Å². The van der Waals surface area contributed by atoms with E-state index in [0.29, 0.717) is 0 Å². The highest BCUT2D eigenvalue weighted by Crippen LogP contribution is 2.41. The zero-order valence-corrected chi connectivity index (χ0v) is 24.2. The Morgan fingerprint density at radius 2 is 0.727 bits per heavy atom. The second-order valence-electron chi connectivity index (χ2n) is 11.7. The van der Waals surface area contributed by atoms with Crippen LogP contribution in [0.15, 0.2) is 170 Å². The van der Waals surface area contributed by atoms with Gasteiger partial charge in [0.05, 0.1) is 0 Å². The second kappa shape index (κ2) is 9.93. The van der Waals surface area contributed by atoms with Gasteiger partial charge in [-0.15, -0.1) is 0 Å². The summed E-state index contributed by atoms with van der Waals surface area (Å²) in [6.07, 6.45) is 0. The molecule has 0 amide bonds. The molecule has 0 aliphatic carbocycles. The van der Waals surface area contributed by atoms with Gasteiger partial charge in [-0.3, -0.25) is 0 Å². The molecule has 0 saturated heterocycles. The quantitative estimate of drug-likeness (QED) is 0.190. The molecule has 0 radical (unpaired) electrons. The first kappa shape index (κ1) is 24.8. The molecular weight excluding hydrogens is 528 g/mol. The molecule has 0 spiro atoms. The first-order chi connectivity index (χ1) is 21.8. The molecule has 0 atom stereocenters. The van der Waals surface area contributed by atoms with E-state index >= 15 is 0 Å². The van der Waals surface area contributed by atoms with E-state index in [1.807, 2.05) is 0 Å². The molecule has 0 nitrogen and oxygen atoms in total. The van der Waals surface area contributed by atoms with Crippen LogP contribution < -0.4 is 0 Å². The van der Waals surface area contributed by atoms with Gasteiger partial charge in [-0.05, 0) is 105 Å². The summed E-state index contributed by atoms with van der Waals surface area (Å²) in [5.74, 6) is 0. The molecule has 0 bridgehead atoms. The minimum atomic E-state index is 1.22. The predicted octanol–water partition coefficient (Wildman–Crippen LogP) is 12.5. The minimum absolute atomic E-state index is 1.22. The van der Waals surface area contributed by atoms with E-state index in [0.717, 1.165) is 0 Å². The van der Waals surface area contributed by atoms with Crippen molar-refractivity contribution in [3.05, 3.63) is 170 Å². The smallest absolute Gasteiger partial charge is 0.00926 e. The van der Waals surface area contributed by atoms with Crippen LogP contribution >= 0.6 is 0 Å². The van der Waals surface area contributed by atoms with Crippen molar-refractivity contribution < 1.29 is 0 Å². The zero-order valence-electron chi connectivity index (χ0n) is 24.2. The lowest BCUT2D eigenvalue weighted by molar-refractivity contribution is 1.61. The van der Waals surface area contributed by atoms with Crippen LogP contribution in [-0.4, -0.2) is 0 Å². The summed E-state index contributed by atoms with van der Waals surface area (Å²) in [6, 6.07) is 62.4. The summed E-state index contributed by atoms with van der Waals surface area (Å²) in [4.78, 5) is 0. The van der Waals surface area contributed by atoms with Gasteiger partial charge in [-0.25, -0.2) is 0 Å². The number of rotatable bonds is 3. The fourth-order valence-electron chi connectivity index (χ4n) is 6.99. The third kappa shape index (κ3) is 4.00. The lowest BCUT2D eigenvalue weighted by Crippen LogP contribution is -1.88. The van der Waals surface area contributed by atoms with E-state index in [1.165, 1.54) is 87.2 Å². The van der Waals surface area contributed by atoms with Crippen molar-refractivity contribution >= 4 is 53.9 Å². The van der Waals surface area contributed by atoms with Gasteiger partial charge in [-0.2, -0.15) is 0 Å². The van der Waals surface area contributed by atoms with Crippen molar-refractivity contribution in [1.82, 2.24) is 0 Å². The minimum Gasteiger partial charge on any atom is -0.0616 e. The first-order valence-electron chi connectivity index (χ1n) is 15.3. The molecule has 0 aliphatic heterocycles. The van der Waals surface area contributed by atoms with Gasteiger partial charge < -0.3 is 0 Å². The van der Waals surface area contributed by atoms with Gasteiger partial charge in [0.1, 0.15) is 0 Å². The van der Waals surface area contributed by atoms with Crippen LogP contribution in [0.4, 0.5) is 0 Å². The average Bonchev–Trinajstić information content (AvgIpc) is 3.10. The Morgan fingerprint density at radius 1 is 0.205 bits per heavy atom. The Balaban J connectivity index is 1.20. The van der Waals surface area contributed by atoms with Crippen LogP contribution in [0.2, 0.25) is 0 Å². The molecule has 9 rings (SSSR count).